The van der Waals surface area contributed by atoms with E-state index in [9.17, 15) is 0 Å². The van der Waals surface area contributed by atoms with Gasteiger partial charge in [-0.1, -0.05) is 32.9 Å². The number of hydrogen-bond acceptors (Lipinski definition) is 2. The molecule has 0 heterocycles. The summed E-state index contributed by atoms with van der Waals surface area (Å²) in [5, 5.41) is 0. The van der Waals surface area contributed by atoms with E-state index in [1.165, 1.54) is 5.57 Å². The Bertz CT molecular complexity index is 164. The maximum Gasteiger partial charge on any atom is 0.0187 e. The van der Waals surface area contributed by atoms with Crippen LogP contribution in [-0.4, -0.2) is 30.6 Å². The van der Waals surface area contributed by atoms with Crippen molar-refractivity contribution in [3.63, 3.8) is 0 Å². The van der Waals surface area contributed by atoms with Crippen LogP contribution < -0.4 is 5.73 Å². The Morgan fingerprint density at radius 1 is 1.43 bits per heavy atom. The summed E-state index contributed by atoms with van der Waals surface area (Å²) in [7, 11) is 0. The van der Waals surface area contributed by atoms with Crippen molar-refractivity contribution in [2.24, 2.45) is 11.7 Å². The predicted octanol–water partition coefficient (Wildman–Crippen LogP) is 2.26. The van der Waals surface area contributed by atoms with Crippen molar-refractivity contribution in [3.8, 4) is 0 Å². The highest BCUT2D eigenvalue weighted by atomic mass is 15.1. The summed E-state index contributed by atoms with van der Waals surface area (Å²) in [6, 6.07) is 0.300. The highest BCUT2D eigenvalue weighted by molar-refractivity contribution is 4.92. The van der Waals surface area contributed by atoms with Crippen molar-refractivity contribution in [2.45, 2.75) is 40.2 Å². The second-order valence-electron chi connectivity index (χ2n) is 4.67. The van der Waals surface area contributed by atoms with Crippen LogP contribution in [0.4, 0.5) is 0 Å². The molecule has 0 saturated carbocycles. The van der Waals surface area contributed by atoms with E-state index in [4.69, 9.17) is 5.73 Å². The fourth-order valence-electron chi connectivity index (χ4n) is 1.70. The average molecular weight is 198 g/mol. The third kappa shape index (κ3) is 7.10. The first-order chi connectivity index (χ1) is 6.45. The second kappa shape index (κ2) is 7.02. The van der Waals surface area contributed by atoms with E-state index in [0.717, 1.165) is 26.1 Å². The molecule has 0 aliphatic carbocycles. The first kappa shape index (κ1) is 13.7. The molecule has 2 N–H and O–H groups in total. The van der Waals surface area contributed by atoms with Gasteiger partial charge in [-0.2, -0.15) is 0 Å². The summed E-state index contributed by atoms with van der Waals surface area (Å²) in [5.41, 5.74) is 7.27. The molecule has 0 aromatic carbocycles. The molecule has 0 aromatic rings. The molecule has 84 valence electrons. The highest BCUT2D eigenvalue weighted by Crippen LogP contribution is 2.05. The molecule has 0 aliphatic rings. The molecular weight excluding hydrogens is 172 g/mol. The van der Waals surface area contributed by atoms with E-state index in [-0.39, 0.29) is 0 Å². The molecule has 1 unspecified atom stereocenters. The van der Waals surface area contributed by atoms with E-state index in [1.54, 1.807) is 0 Å². The Hall–Kier alpha value is -0.340. The van der Waals surface area contributed by atoms with Crippen LogP contribution in [0.5, 0.6) is 0 Å². The van der Waals surface area contributed by atoms with Gasteiger partial charge in [0, 0.05) is 19.1 Å². The Morgan fingerprint density at radius 3 is 2.36 bits per heavy atom. The molecule has 0 rings (SSSR count). The van der Waals surface area contributed by atoms with Crippen LogP contribution in [-0.2, 0) is 0 Å². The number of nitrogens with zero attached hydrogens (tertiary/aromatic N) is 1. The number of nitrogens with two attached hydrogens (primary N) is 1. The Balaban J connectivity index is 3.85. The van der Waals surface area contributed by atoms with E-state index >= 15 is 0 Å². The molecular formula is C12H26N2. The first-order valence-electron chi connectivity index (χ1n) is 5.58. The predicted molar refractivity (Wildman–Crippen MR) is 64.4 cm³/mol. The van der Waals surface area contributed by atoms with Crippen molar-refractivity contribution in [1.82, 2.24) is 4.90 Å². The average Bonchev–Trinajstić information content (AvgIpc) is 2.00. The first-order valence-corrected chi connectivity index (χ1v) is 5.58. The lowest BCUT2D eigenvalue weighted by Crippen LogP contribution is -2.38. The van der Waals surface area contributed by atoms with Crippen LogP contribution in [0.3, 0.4) is 0 Å². The van der Waals surface area contributed by atoms with Gasteiger partial charge in [-0.3, -0.25) is 4.90 Å². The smallest absolute Gasteiger partial charge is 0.0187 e. The molecule has 0 amide bonds. The Labute approximate surface area is 89.2 Å². The van der Waals surface area contributed by atoms with Crippen LogP contribution in [0.15, 0.2) is 12.2 Å². The highest BCUT2D eigenvalue weighted by Gasteiger charge is 2.10. The summed E-state index contributed by atoms with van der Waals surface area (Å²) < 4.78 is 0. The molecule has 0 bridgehead atoms. The maximum atomic E-state index is 6.06. The van der Waals surface area contributed by atoms with E-state index < -0.39 is 0 Å². The molecule has 14 heavy (non-hydrogen) atoms. The van der Waals surface area contributed by atoms with Crippen molar-refractivity contribution in [3.05, 3.63) is 12.2 Å². The normalized spacial score (nSPS) is 13.6. The van der Waals surface area contributed by atoms with Gasteiger partial charge in [0.05, 0.1) is 0 Å². The molecule has 0 fully saturated rings. The molecule has 0 aromatic heterocycles. The number of hydrogen-bond donors (Lipinski definition) is 1. The third-order valence-electron chi connectivity index (χ3n) is 2.21. The molecule has 2 heteroatoms. The SMILES string of the molecule is C=C(C)CN(CC)CC(N)CC(C)C. The van der Waals surface area contributed by atoms with E-state index in [1.807, 2.05) is 0 Å². The molecule has 0 radical (unpaired) electrons. The van der Waals surface area contributed by atoms with Crippen LogP contribution in [0, 0.1) is 5.92 Å². The number of likely N-dealkylation sites (N-methyl/N-ethyl adjacent to an activating group) is 1. The largest absolute Gasteiger partial charge is 0.327 e. The summed E-state index contributed by atoms with van der Waals surface area (Å²) >= 11 is 0. The fraction of sp³-hybridized carbons (Fsp3) is 0.833. The van der Waals surface area contributed by atoms with Gasteiger partial charge in [-0.15, -0.1) is 0 Å². The van der Waals surface area contributed by atoms with Gasteiger partial charge in [-0.05, 0) is 25.8 Å². The summed E-state index contributed by atoms with van der Waals surface area (Å²) in [4.78, 5) is 2.36. The fourth-order valence-corrected chi connectivity index (χ4v) is 1.70. The Kier molecular flexibility index (Phi) is 6.85. The zero-order valence-corrected chi connectivity index (χ0v) is 10.2. The molecule has 0 spiro atoms. The van der Waals surface area contributed by atoms with Gasteiger partial charge in [-0.25, -0.2) is 0 Å². The van der Waals surface area contributed by atoms with Crippen LogP contribution >= 0.6 is 0 Å². The van der Waals surface area contributed by atoms with E-state index in [2.05, 4.69) is 39.2 Å². The third-order valence-corrected chi connectivity index (χ3v) is 2.21. The standard InChI is InChI=1S/C12H26N2/c1-6-14(8-11(4)5)9-12(13)7-10(2)3/h10,12H,4,6-9,13H2,1-3,5H3. The lowest BCUT2D eigenvalue weighted by molar-refractivity contribution is 0.276. The van der Waals surface area contributed by atoms with Crippen LogP contribution in [0.2, 0.25) is 0 Å². The minimum absolute atomic E-state index is 0.300. The van der Waals surface area contributed by atoms with Gasteiger partial charge >= 0.3 is 0 Å². The second-order valence-corrected chi connectivity index (χ2v) is 4.67. The zero-order valence-electron chi connectivity index (χ0n) is 10.2. The summed E-state index contributed by atoms with van der Waals surface area (Å²) in [6.45, 7) is 15.6. The van der Waals surface area contributed by atoms with Gasteiger partial charge in [0.2, 0.25) is 0 Å². The van der Waals surface area contributed by atoms with Gasteiger partial charge < -0.3 is 5.73 Å². The zero-order chi connectivity index (χ0) is 11.1. The minimum atomic E-state index is 0.300. The lowest BCUT2D eigenvalue weighted by Gasteiger charge is -2.25. The van der Waals surface area contributed by atoms with Gasteiger partial charge in [0.1, 0.15) is 0 Å². The topological polar surface area (TPSA) is 29.3 Å². The summed E-state index contributed by atoms with van der Waals surface area (Å²) in [5.74, 6) is 0.688. The van der Waals surface area contributed by atoms with E-state index in [0.29, 0.717) is 12.0 Å². The maximum absolute atomic E-state index is 6.06. The number of rotatable bonds is 7. The van der Waals surface area contributed by atoms with Crippen LogP contribution in [0.1, 0.15) is 34.1 Å². The molecule has 1 atom stereocenters. The Morgan fingerprint density at radius 2 is 2.00 bits per heavy atom. The monoisotopic (exact) mass is 198 g/mol. The van der Waals surface area contributed by atoms with Crippen LogP contribution in [0.25, 0.3) is 0 Å². The lowest BCUT2D eigenvalue weighted by atomic mass is 10.0. The molecule has 0 aliphatic heterocycles. The minimum Gasteiger partial charge on any atom is -0.327 e. The van der Waals surface area contributed by atoms with Crippen molar-refractivity contribution >= 4 is 0 Å². The van der Waals surface area contributed by atoms with Crippen molar-refractivity contribution < 1.29 is 0 Å². The van der Waals surface area contributed by atoms with Crippen molar-refractivity contribution in [1.29, 1.82) is 0 Å². The summed E-state index contributed by atoms with van der Waals surface area (Å²) in [6.07, 6.45) is 1.10. The van der Waals surface area contributed by atoms with Crippen molar-refractivity contribution in [2.75, 3.05) is 19.6 Å². The molecule has 0 saturated heterocycles. The van der Waals surface area contributed by atoms with Gasteiger partial charge in [0.15, 0.2) is 0 Å². The van der Waals surface area contributed by atoms with Gasteiger partial charge in [0.25, 0.3) is 0 Å². The molecule has 2 nitrogen and oxygen atoms in total. The quantitative estimate of drug-likeness (QED) is 0.636.